The van der Waals surface area contributed by atoms with Crippen molar-refractivity contribution in [1.82, 2.24) is 0 Å². The van der Waals surface area contributed by atoms with Gasteiger partial charge in [0.25, 0.3) is 0 Å². The van der Waals surface area contributed by atoms with Crippen LogP contribution in [0.25, 0.3) is 0 Å². The van der Waals surface area contributed by atoms with E-state index in [1.165, 1.54) is 7.11 Å². The molecule has 1 fully saturated rings. The van der Waals surface area contributed by atoms with Crippen LogP contribution in [-0.4, -0.2) is 35.9 Å². The number of carbonyl (C=O) groups is 2. The fourth-order valence-electron chi connectivity index (χ4n) is 2.16. The highest BCUT2D eigenvalue weighted by Crippen LogP contribution is 2.39. The Kier molecular flexibility index (Phi) is 4.37. The Morgan fingerprint density at radius 1 is 1.17 bits per heavy atom. The predicted octanol–water partition coefficient (Wildman–Crippen LogP) is 1.42. The smallest absolute Gasteiger partial charge is 0.324 e. The fraction of sp³-hybridized carbons (Fsp3) is 0.846. The molecular weight excluding hydrogens is 236 g/mol. The highest BCUT2D eigenvalue weighted by molar-refractivity contribution is 6.00. The monoisotopic (exact) mass is 258 g/mol. The third-order valence-corrected chi connectivity index (χ3v) is 3.17. The summed E-state index contributed by atoms with van der Waals surface area (Å²) in [7, 11) is 1.26. The molecule has 0 spiro atoms. The normalized spacial score (nSPS) is 28.6. The summed E-state index contributed by atoms with van der Waals surface area (Å²) in [5, 5.41) is 9.51. The molecule has 0 aromatic carbocycles. The van der Waals surface area contributed by atoms with Crippen molar-refractivity contribution in [3.05, 3.63) is 0 Å². The highest BCUT2D eigenvalue weighted by atomic mass is 16.6. The van der Waals surface area contributed by atoms with Gasteiger partial charge in [-0.25, -0.2) is 0 Å². The molecule has 104 valence electrons. The topological polar surface area (TPSA) is 72.8 Å². The molecule has 0 atom stereocenters. The van der Waals surface area contributed by atoms with Crippen LogP contribution in [0.2, 0.25) is 0 Å². The van der Waals surface area contributed by atoms with E-state index in [0.717, 1.165) is 0 Å². The SMILES string of the molecule is COC(=O)[C@]1(C(=O)OC(C)(C)C)CC[C@H](O)CC1. The van der Waals surface area contributed by atoms with Crippen LogP contribution in [0.3, 0.4) is 0 Å². The van der Waals surface area contributed by atoms with Gasteiger partial charge in [-0.05, 0) is 46.5 Å². The molecule has 0 aromatic rings. The van der Waals surface area contributed by atoms with Crippen LogP contribution in [0.1, 0.15) is 46.5 Å². The lowest BCUT2D eigenvalue weighted by Crippen LogP contribution is -2.47. The zero-order chi connectivity index (χ0) is 14.0. The Hall–Kier alpha value is -1.10. The third kappa shape index (κ3) is 3.22. The van der Waals surface area contributed by atoms with Crippen LogP contribution < -0.4 is 0 Å². The standard InChI is InChI=1S/C13H22O5/c1-12(2,3)18-11(16)13(10(15)17-4)7-5-9(14)6-8-13/h9,14H,5-8H2,1-4H3/t9-,13-. The number of hydrogen-bond donors (Lipinski definition) is 1. The molecule has 0 aromatic heterocycles. The van der Waals surface area contributed by atoms with Crippen molar-refractivity contribution < 1.29 is 24.2 Å². The lowest BCUT2D eigenvalue weighted by Gasteiger charge is -2.36. The Labute approximate surface area is 107 Å². The summed E-state index contributed by atoms with van der Waals surface area (Å²) in [5.41, 5.74) is -1.89. The van der Waals surface area contributed by atoms with E-state index in [1.807, 2.05) is 0 Å². The zero-order valence-electron chi connectivity index (χ0n) is 11.5. The predicted molar refractivity (Wildman–Crippen MR) is 64.8 cm³/mol. The molecule has 1 saturated carbocycles. The molecule has 5 nitrogen and oxygen atoms in total. The molecule has 18 heavy (non-hydrogen) atoms. The molecule has 1 rings (SSSR count). The van der Waals surface area contributed by atoms with Crippen molar-refractivity contribution in [2.45, 2.75) is 58.2 Å². The van der Waals surface area contributed by atoms with Crippen LogP contribution in [0.4, 0.5) is 0 Å². The maximum absolute atomic E-state index is 12.2. The largest absolute Gasteiger partial charge is 0.468 e. The molecule has 0 aliphatic heterocycles. The minimum Gasteiger partial charge on any atom is -0.468 e. The number of esters is 2. The lowest BCUT2D eigenvalue weighted by molar-refractivity contribution is -0.182. The van der Waals surface area contributed by atoms with Gasteiger partial charge in [-0.1, -0.05) is 0 Å². The quantitative estimate of drug-likeness (QED) is 0.599. The van der Waals surface area contributed by atoms with Gasteiger partial charge in [0.05, 0.1) is 13.2 Å². The van der Waals surface area contributed by atoms with E-state index in [4.69, 9.17) is 9.47 Å². The molecule has 1 N–H and O–H groups in total. The van der Waals surface area contributed by atoms with Gasteiger partial charge in [0.15, 0.2) is 5.41 Å². The summed E-state index contributed by atoms with van der Waals surface area (Å²) in [4.78, 5) is 24.2. The summed E-state index contributed by atoms with van der Waals surface area (Å²) in [6.07, 6.45) is 0.916. The number of rotatable bonds is 2. The maximum Gasteiger partial charge on any atom is 0.324 e. The van der Waals surface area contributed by atoms with Crippen LogP contribution in [0, 0.1) is 5.41 Å². The molecule has 0 unspecified atom stereocenters. The average molecular weight is 258 g/mol. The number of aliphatic hydroxyl groups is 1. The van der Waals surface area contributed by atoms with Crippen LogP contribution in [-0.2, 0) is 19.1 Å². The third-order valence-electron chi connectivity index (χ3n) is 3.17. The number of aliphatic hydroxyl groups excluding tert-OH is 1. The second-order valence-electron chi connectivity index (χ2n) is 5.81. The van der Waals surface area contributed by atoms with E-state index >= 15 is 0 Å². The molecule has 1 aliphatic carbocycles. The fourth-order valence-corrected chi connectivity index (χ4v) is 2.16. The number of carbonyl (C=O) groups excluding carboxylic acids is 2. The van der Waals surface area contributed by atoms with Gasteiger partial charge >= 0.3 is 11.9 Å². The van der Waals surface area contributed by atoms with E-state index in [1.54, 1.807) is 20.8 Å². The first-order chi connectivity index (χ1) is 8.21. The highest BCUT2D eigenvalue weighted by Gasteiger charge is 2.51. The average Bonchev–Trinajstić information content (AvgIpc) is 2.27. The summed E-state index contributed by atoms with van der Waals surface area (Å²) in [6.45, 7) is 5.27. The summed E-state index contributed by atoms with van der Waals surface area (Å²) < 4.78 is 10.1. The molecule has 0 amide bonds. The minimum atomic E-state index is -1.25. The molecule has 0 bridgehead atoms. The Morgan fingerprint density at radius 3 is 2.06 bits per heavy atom. The molecular formula is C13H22O5. The van der Waals surface area contributed by atoms with Gasteiger partial charge < -0.3 is 14.6 Å². The van der Waals surface area contributed by atoms with Crippen molar-refractivity contribution in [3.8, 4) is 0 Å². The van der Waals surface area contributed by atoms with Gasteiger partial charge in [0.1, 0.15) is 5.60 Å². The van der Waals surface area contributed by atoms with Crippen molar-refractivity contribution in [1.29, 1.82) is 0 Å². The molecule has 0 heterocycles. The van der Waals surface area contributed by atoms with E-state index < -0.39 is 29.1 Å². The zero-order valence-corrected chi connectivity index (χ0v) is 11.5. The molecule has 0 radical (unpaired) electrons. The molecule has 0 saturated heterocycles. The first-order valence-corrected chi connectivity index (χ1v) is 6.21. The van der Waals surface area contributed by atoms with E-state index in [0.29, 0.717) is 12.8 Å². The van der Waals surface area contributed by atoms with Gasteiger partial charge in [-0.2, -0.15) is 0 Å². The Morgan fingerprint density at radius 2 is 1.67 bits per heavy atom. The lowest BCUT2D eigenvalue weighted by atomic mass is 9.73. The number of methoxy groups -OCH3 is 1. The van der Waals surface area contributed by atoms with Crippen molar-refractivity contribution >= 4 is 11.9 Å². The van der Waals surface area contributed by atoms with Crippen molar-refractivity contribution in [2.75, 3.05) is 7.11 Å². The molecule has 5 heteroatoms. The van der Waals surface area contributed by atoms with E-state index in [-0.39, 0.29) is 12.8 Å². The summed E-state index contributed by atoms with van der Waals surface area (Å²) in [6, 6.07) is 0. The molecule has 1 aliphatic rings. The number of ether oxygens (including phenoxy) is 2. The summed E-state index contributed by atoms with van der Waals surface area (Å²) >= 11 is 0. The summed E-state index contributed by atoms with van der Waals surface area (Å²) in [5.74, 6) is -1.11. The maximum atomic E-state index is 12.2. The first-order valence-electron chi connectivity index (χ1n) is 6.21. The van der Waals surface area contributed by atoms with Gasteiger partial charge in [-0.15, -0.1) is 0 Å². The van der Waals surface area contributed by atoms with Gasteiger partial charge in [0, 0.05) is 0 Å². The number of hydrogen-bond acceptors (Lipinski definition) is 5. The van der Waals surface area contributed by atoms with Gasteiger partial charge in [-0.3, -0.25) is 9.59 Å². The van der Waals surface area contributed by atoms with Crippen molar-refractivity contribution in [3.63, 3.8) is 0 Å². The van der Waals surface area contributed by atoms with E-state index in [2.05, 4.69) is 0 Å². The Bertz CT molecular complexity index is 321. The van der Waals surface area contributed by atoms with Crippen molar-refractivity contribution in [2.24, 2.45) is 5.41 Å². The first kappa shape index (κ1) is 15.0. The van der Waals surface area contributed by atoms with Crippen LogP contribution in [0.15, 0.2) is 0 Å². The van der Waals surface area contributed by atoms with E-state index in [9.17, 15) is 14.7 Å². The minimum absolute atomic E-state index is 0.274. The Balaban J connectivity index is 2.92. The van der Waals surface area contributed by atoms with Crippen LogP contribution in [0.5, 0.6) is 0 Å². The second-order valence-corrected chi connectivity index (χ2v) is 5.81. The van der Waals surface area contributed by atoms with Crippen LogP contribution >= 0.6 is 0 Å². The second kappa shape index (κ2) is 5.26. The van der Waals surface area contributed by atoms with Gasteiger partial charge in [0.2, 0.25) is 0 Å².